The van der Waals surface area contributed by atoms with Crippen molar-refractivity contribution < 1.29 is 9.47 Å². The van der Waals surface area contributed by atoms with Gasteiger partial charge in [0, 0.05) is 0 Å². The lowest BCUT2D eigenvalue weighted by atomic mass is 10.3. The minimum Gasteiger partial charge on any atom is -0.442 e. The number of ether oxygens (including phenoxy) is 2. The van der Waals surface area contributed by atoms with Crippen LogP contribution in [0.1, 0.15) is 13.8 Å². The van der Waals surface area contributed by atoms with Gasteiger partial charge in [-0.15, -0.1) is 13.2 Å². The van der Waals surface area contributed by atoms with Gasteiger partial charge in [-0.1, -0.05) is 50.2 Å². The van der Waals surface area contributed by atoms with Crippen molar-refractivity contribution in [3.05, 3.63) is 73.8 Å². The van der Waals surface area contributed by atoms with Gasteiger partial charge in [0.25, 0.3) is 6.41 Å². The van der Waals surface area contributed by atoms with E-state index in [1.807, 2.05) is 74.5 Å². The van der Waals surface area contributed by atoms with E-state index >= 15 is 0 Å². The summed E-state index contributed by atoms with van der Waals surface area (Å²) in [5.74, 6) is 1.37. The van der Waals surface area contributed by atoms with Gasteiger partial charge in [-0.05, 0) is 24.3 Å². The highest BCUT2D eigenvalue weighted by Gasteiger charge is 2.04. The highest BCUT2D eigenvalue weighted by molar-refractivity contribution is 5.22. The van der Waals surface area contributed by atoms with E-state index < -0.39 is 6.41 Å². The molecule has 3 nitrogen and oxygen atoms in total. The minimum absolute atomic E-state index is 0.686. The topological polar surface area (TPSA) is 44.5 Å². The van der Waals surface area contributed by atoms with Gasteiger partial charge in [-0.2, -0.15) is 0 Å². The standard InChI is InChI=1S/C13H13NO2.C2H6.C2H4/c14-13(15-11-7-3-1-4-8-11)16-12-9-5-2-6-10-12;2*1-2/h1-10,13H,14H2;1-2H3;1-2H2. The normalized spacial score (nSPS) is 8.60. The van der Waals surface area contributed by atoms with Crippen LogP contribution in [0, 0.1) is 0 Å². The van der Waals surface area contributed by atoms with Crippen molar-refractivity contribution >= 4 is 0 Å². The first kappa shape index (κ1) is 17.7. The van der Waals surface area contributed by atoms with Gasteiger partial charge < -0.3 is 9.47 Å². The van der Waals surface area contributed by atoms with Crippen LogP contribution in [0.3, 0.4) is 0 Å². The van der Waals surface area contributed by atoms with Gasteiger partial charge in [0.15, 0.2) is 0 Å². The van der Waals surface area contributed by atoms with Crippen molar-refractivity contribution in [1.29, 1.82) is 0 Å². The van der Waals surface area contributed by atoms with E-state index in [0.29, 0.717) is 11.5 Å². The monoisotopic (exact) mass is 273 g/mol. The number of hydrogen-bond acceptors (Lipinski definition) is 3. The molecule has 0 bridgehead atoms. The van der Waals surface area contributed by atoms with Crippen LogP contribution in [0.5, 0.6) is 11.5 Å². The maximum absolute atomic E-state index is 5.69. The fourth-order valence-electron chi connectivity index (χ4n) is 1.29. The lowest BCUT2D eigenvalue weighted by Crippen LogP contribution is -2.33. The third-order valence-electron chi connectivity index (χ3n) is 1.99. The predicted molar refractivity (Wildman–Crippen MR) is 84.7 cm³/mol. The number of rotatable bonds is 4. The van der Waals surface area contributed by atoms with E-state index in [1.165, 1.54) is 0 Å². The van der Waals surface area contributed by atoms with Gasteiger partial charge in [0.05, 0.1) is 0 Å². The summed E-state index contributed by atoms with van der Waals surface area (Å²) in [6, 6.07) is 18.7. The summed E-state index contributed by atoms with van der Waals surface area (Å²) >= 11 is 0. The van der Waals surface area contributed by atoms with Crippen LogP contribution >= 0.6 is 0 Å². The average molecular weight is 273 g/mol. The zero-order chi connectivity index (χ0) is 15.2. The van der Waals surface area contributed by atoms with E-state index in [-0.39, 0.29) is 0 Å². The first-order chi connectivity index (χ1) is 9.84. The molecule has 3 heteroatoms. The minimum atomic E-state index is -0.801. The van der Waals surface area contributed by atoms with Crippen LogP contribution in [-0.2, 0) is 0 Å². The highest BCUT2D eigenvalue weighted by Crippen LogP contribution is 2.13. The molecule has 0 atom stereocenters. The van der Waals surface area contributed by atoms with Crippen molar-refractivity contribution in [3.8, 4) is 11.5 Å². The largest absolute Gasteiger partial charge is 0.442 e. The van der Waals surface area contributed by atoms with Crippen LogP contribution in [0.15, 0.2) is 73.8 Å². The summed E-state index contributed by atoms with van der Waals surface area (Å²) in [5, 5.41) is 0. The third kappa shape index (κ3) is 7.24. The van der Waals surface area contributed by atoms with E-state index in [1.54, 1.807) is 0 Å². The van der Waals surface area contributed by atoms with Gasteiger partial charge in [-0.3, -0.25) is 5.73 Å². The molecule has 0 unspecified atom stereocenters. The lowest BCUT2D eigenvalue weighted by molar-refractivity contribution is 0.0117. The predicted octanol–water partition coefficient (Wildman–Crippen LogP) is 4.22. The Kier molecular flexibility index (Phi) is 10.5. The van der Waals surface area contributed by atoms with Crippen molar-refractivity contribution in [2.75, 3.05) is 0 Å². The molecule has 0 saturated heterocycles. The maximum atomic E-state index is 5.69. The van der Waals surface area contributed by atoms with Gasteiger partial charge >= 0.3 is 0 Å². The van der Waals surface area contributed by atoms with Crippen LogP contribution in [0.25, 0.3) is 0 Å². The molecule has 20 heavy (non-hydrogen) atoms. The molecule has 0 aliphatic heterocycles. The van der Waals surface area contributed by atoms with E-state index in [4.69, 9.17) is 15.2 Å². The smallest absolute Gasteiger partial charge is 0.299 e. The van der Waals surface area contributed by atoms with E-state index in [2.05, 4.69) is 13.2 Å². The van der Waals surface area contributed by atoms with Crippen molar-refractivity contribution in [1.82, 2.24) is 0 Å². The lowest BCUT2D eigenvalue weighted by Gasteiger charge is -2.15. The fourth-order valence-corrected chi connectivity index (χ4v) is 1.29. The molecule has 0 spiro atoms. The molecule has 0 amide bonds. The van der Waals surface area contributed by atoms with Crippen molar-refractivity contribution in [2.24, 2.45) is 5.73 Å². The molecule has 0 radical (unpaired) electrons. The van der Waals surface area contributed by atoms with Crippen LogP contribution in [-0.4, -0.2) is 6.41 Å². The van der Waals surface area contributed by atoms with E-state index in [0.717, 1.165) is 0 Å². The molecule has 0 fully saturated rings. The molecule has 0 aliphatic rings. The summed E-state index contributed by atoms with van der Waals surface area (Å²) in [7, 11) is 0. The Morgan fingerprint density at radius 2 is 1.05 bits per heavy atom. The molecule has 2 rings (SSSR count). The highest BCUT2D eigenvalue weighted by atomic mass is 16.7. The Bertz CT molecular complexity index is 390. The summed E-state index contributed by atoms with van der Waals surface area (Å²) in [5.41, 5.74) is 5.69. The molecule has 2 aromatic rings. The Labute approximate surface area is 121 Å². The Hall–Kier alpha value is -2.26. The quantitative estimate of drug-likeness (QED) is 0.670. The maximum Gasteiger partial charge on any atom is 0.299 e. The zero-order valence-electron chi connectivity index (χ0n) is 12.2. The molecule has 108 valence electrons. The molecule has 0 heterocycles. The summed E-state index contributed by atoms with van der Waals surface area (Å²) in [6.45, 7) is 10.0. The van der Waals surface area contributed by atoms with Crippen molar-refractivity contribution in [2.45, 2.75) is 20.3 Å². The summed E-state index contributed by atoms with van der Waals surface area (Å²) < 4.78 is 10.7. The van der Waals surface area contributed by atoms with Gasteiger partial charge in [0.2, 0.25) is 0 Å². The van der Waals surface area contributed by atoms with Gasteiger partial charge in [-0.25, -0.2) is 0 Å². The summed E-state index contributed by atoms with van der Waals surface area (Å²) in [4.78, 5) is 0. The first-order valence-electron chi connectivity index (χ1n) is 6.53. The Morgan fingerprint density at radius 1 is 0.750 bits per heavy atom. The molecular weight excluding hydrogens is 250 g/mol. The van der Waals surface area contributed by atoms with Crippen LogP contribution in [0.4, 0.5) is 0 Å². The Morgan fingerprint density at radius 3 is 1.35 bits per heavy atom. The molecular formula is C17H23NO2. The Balaban J connectivity index is 0.000000829. The number of hydrogen-bond donors (Lipinski definition) is 1. The third-order valence-corrected chi connectivity index (χ3v) is 1.99. The van der Waals surface area contributed by atoms with E-state index in [9.17, 15) is 0 Å². The fraction of sp³-hybridized carbons (Fsp3) is 0.176. The number of benzene rings is 2. The molecule has 2 N–H and O–H groups in total. The molecule has 2 aromatic carbocycles. The molecule has 0 aromatic heterocycles. The SMILES string of the molecule is C=C.CC.NC(Oc1ccccc1)Oc1ccccc1. The molecule has 0 saturated carbocycles. The zero-order valence-corrected chi connectivity index (χ0v) is 12.2. The second kappa shape index (κ2) is 11.8. The first-order valence-corrected chi connectivity index (χ1v) is 6.53. The van der Waals surface area contributed by atoms with Gasteiger partial charge in [0.1, 0.15) is 11.5 Å². The second-order valence-corrected chi connectivity index (χ2v) is 3.23. The van der Waals surface area contributed by atoms with Crippen molar-refractivity contribution in [3.63, 3.8) is 0 Å². The molecule has 0 aliphatic carbocycles. The number of nitrogens with two attached hydrogens (primary N) is 1. The van der Waals surface area contributed by atoms with Crippen LogP contribution in [0.2, 0.25) is 0 Å². The summed E-state index contributed by atoms with van der Waals surface area (Å²) in [6.07, 6.45) is -0.801. The second-order valence-electron chi connectivity index (χ2n) is 3.23. The average Bonchev–Trinajstić information content (AvgIpc) is 2.53. The number of para-hydroxylation sites is 2. The van der Waals surface area contributed by atoms with Crippen LogP contribution < -0.4 is 15.2 Å².